The van der Waals surface area contributed by atoms with E-state index >= 15 is 0 Å². The maximum atomic E-state index is 9.71. The summed E-state index contributed by atoms with van der Waals surface area (Å²) in [5.74, 6) is 0. The molecule has 200 valence electrons. The lowest BCUT2D eigenvalue weighted by molar-refractivity contribution is 0.672. The van der Waals surface area contributed by atoms with Gasteiger partial charge in [-0.2, -0.15) is 0 Å². The Morgan fingerprint density at radius 3 is 1.74 bits per heavy atom. The van der Waals surface area contributed by atoms with Crippen LogP contribution in [0.2, 0.25) is 0 Å². The first-order valence-corrected chi connectivity index (χ1v) is 13.7. The van der Waals surface area contributed by atoms with Crippen molar-refractivity contribution in [3.63, 3.8) is 0 Å². The Hall–Kier alpha value is -5.66. The van der Waals surface area contributed by atoms with E-state index in [9.17, 15) is 5.48 Å². The normalized spacial score (nSPS) is 16.0. The van der Waals surface area contributed by atoms with E-state index in [0.717, 1.165) is 0 Å². The van der Waals surface area contributed by atoms with Crippen molar-refractivity contribution in [3.8, 4) is 33.4 Å². The molecule has 0 amide bonds. The van der Waals surface area contributed by atoms with Crippen molar-refractivity contribution < 1.29 is 22.2 Å². The first-order valence-electron chi connectivity index (χ1n) is 20.2. The number of furan rings is 1. The molecule has 1 nitrogen and oxygen atoms in total. The highest BCUT2D eigenvalue weighted by Gasteiger charge is 2.18. The summed E-state index contributed by atoms with van der Waals surface area (Å²) in [4.78, 5) is 0. The van der Waals surface area contributed by atoms with Gasteiger partial charge in [0.15, 0.2) is 0 Å². The summed E-state index contributed by atoms with van der Waals surface area (Å²) in [5, 5.41) is 1.53. The molecule has 0 saturated heterocycles. The second kappa shape index (κ2) is 9.44. The van der Waals surface area contributed by atoms with Gasteiger partial charge in [-0.3, -0.25) is 0 Å². The average Bonchev–Trinajstić information content (AvgIpc) is 3.61. The summed E-state index contributed by atoms with van der Waals surface area (Å²) in [6.45, 7) is 0. The number of hydrogen-bond acceptors (Lipinski definition) is 1. The van der Waals surface area contributed by atoms with E-state index < -0.39 is 42.3 Å². The first kappa shape index (κ1) is 14.5. The molecule has 1 heterocycles. The van der Waals surface area contributed by atoms with E-state index in [1.165, 1.54) is 0 Å². The molecule has 0 N–H and O–H groups in total. The molecule has 0 saturated carbocycles. The smallest absolute Gasteiger partial charge is 0.143 e. The predicted molar refractivity (Wildman–Crippen MR) is 183 cm³/mol. The molecule has 9 rings (SSSR count). The Morgan fingerprint density at radius 1 is 0.395 bits per heavy atom. The third-order valence-corrected chi connectivity index (χ3v) is 7.81. The summed E-state index contributed by atoms with van der Waals surface area (Å²) in [7, 11) is 0. The van der Waals surface area contributed by atoms with Crippen LogP contribution in [0.3, 0.4) is 0 Å². The van der Waals surface area contributed by atoms with Crippen LogP contribution in [0, 0.1) is 0 Å². The zero-order chi connectivity index (χ0) is 39.6. The third-order valence-electron chi connectivity index (χ3n) is 7.81. The molecular weight excluding hydrogens is 520 g/mol. The molecule has 0 unspecified atom stereocenters. The zero-order valence-electron chi connectivity index (χ0n) is 35.4. The largest absolute Gasteiger partial charge is 0.455 e. The lowest BCUT2D eigenvalue weighted by Gasteiger charge is -2.18. The maximum Gasteiger partial charge on any atom is 0.143 e. The molecule has 1 aromatic heterocycles. The number of fused-ring (bicyclic) bond motifs is 7. The van der Waals surface area contributed by atoms with Crippen LogP contribution in [-0.2, 0) is 0 Å². The van der Waals surface area contributed by atoms with E-state index in [-0.39, 0.29) is 85.7 Å². The van der Waals surface area contributed by atoms with Gasteiger partial charge in [0.25, 0.3) is 0 Å². The standard InChI is InChI=1S/C42H26O/c1-2-11-27(12-3-1)29-14-10-15-30(25-29)40-33-17-6-8-19-35(33)41(36-20-9-7-18-34(36)40)31-22-24-39-38(26-31)37-23-21-28-13-4-5-16-32(28)42(37)43-39/h1-26H/i4D,5D,10D,13D,14D,15D,16D,21D,22D,23D,24D,25D,26D. The van der Waals surface area contributed by atoms with Gasteiger partial charge in [-0.25, -0.2) is 0 Å². The fraction of sp³-hybridized carbons (Fsp3) is 0. The molecule has 0 spiro atoms. The molecule has 0 fully saturated rings. The molecule has 0 aliphatic carbocycles. The van der Waals surface area contributed by atoms with Crippen molar-refractivity contribution in [3.05, 3.63) is 157 Å². The Labute approximate surface area is 267 Å². The van der Waals surface area contributed by atoms with Gasteiger partial charge in [0.2, 0.25) is 0 Å². The van der Waals surface area contributed by atoms with Crippen molar-refractivity contribution in [2.75, 3.05) is 0 Å². The van der Waals surface area contributed by atoms with Crippen molar-refractivity contribution >= 4 is 54.3 Å². The second-order valence-electron chi connectivity index (χ2n) is 10.2. The SMILES string of the molecule is [2H]c1c([2H])c(-c2ccccc2)c([2H])c(-c2c3ccccc3c(-c3c([2H])c([2H])c4oc5c6c([2H])c([2H])c([2H])c([2H])c6c([2H])c([2H])c5c4c3[2H])c3ccccc23)c1[2H]. The number of rotatable bonds is 3. The molecule has 0 bridgehead atoms. The van der Waals surface area contributed by atoms with Gasteiger partial charge < -0.3 is 4.42 Å². The molecule has 1 heteroatoms. The van der Waals surface area contributed by atoms with E-state index in [1.54, 1.807) is 72.8 Å². The van der Waals surface area contributed by atoms with Gasteiger partial charge in [0, 0.05) is 16.2 Å². The summed E-state index contributed by atoms with van der Waals surface area (Å²) in [6, 6.07) is 17.8. The number of hydrogen-bond donors (Lipinski definition) is 0. The van der Waals surface area contributed by atoms with Crippen molar-refractivity contribution in [1.29, 1.82) is 0 Å². The average molecular weight is 560 g/mol. The summed E-state index contributed by atoms with van der Waals surface area (Å²) < 4.78 is 122. The fourth-order valence-electron chi connectivity index (χ4n) is 5.92. The van der Waals surface area contributed by atoms with Gasteiger partial charge >= 0.3 is 0 Å². The minimum Gasteiger partial charge on any atom is -0.455 e. The first-order chi connectivity index (χ1) is 26.8. The van der Waals surface area contributed by atoms with E-state index in [0.29, 0.717) is 38.2 Å². The van der Waals surface area contributed by atoms with Gasteiger partial charge in [0.1, 0.15) is 11.2 Å². The van der Waals surface area contributed by atoms with Crippen LogP contribution < -0.4 is 0 Å². The highest BCUT2D eigenvalue weighted by atomic mass is 16.3. The molecule has 0 atom stereocenters. The van der Waals surface area contributed by atoms with Crippen molar-refractivity contribution in [2.45, 2.75) is 0 Å². The van der Waals surface area contributed by atoms with Crippen LogP contribution in [0.25, 0.3) is 87.6 Å². The molecular formula is C42H26O. The van der Waals surface area contributed by atoms with Gasteiger partial charge in [0.05, 0.1) is 17.8 Å². The van der Waals surface area contributed by atoms with E-state index in [1.807, 2.05) is 6.07 Å². The summed E-state index contributed by atoms with van der Waals surface area (Å²) in [5.41, 5.74) is 1.31. The summed E-state index contributed by atoms with van der Waals surface area (Å²) >= 11 is 0. The lowest BCUT2D eigenvalue weighted by atomic mass is 9.85. The van der Waals surface area contributed by atoms with Gasteiger partial charge in [-0.05, 0) is 84.5 Å². The lowest BCUT2D eigenvalue weighted by Crippen LogP contribution is -1.91. The van der Waals surface area contributed by atoms with Gasteiger partial charge in [-0.15, -0.1) is 0 Å². The maximum absolute atomic E-state index is 9.71. The Bertz CT molecular complexity index is 3170. The Morgan fingerprint density at radius 2 is 1.02 bits per heavy atom. The molecule has 8 aromatic carbocycles. The van der Waals surface area contributed by atoms with Crippen molar-refractivity contribution in [2.24, 2.45) is 0 Å². The van der Waals surface area contributed by atoms with Crippen LogP contribution in [0.1, 0.15) is 17.8 Å². The molecule has 9 aromatic rings. The monoisotopic (exact) mass is 559 g/mol. The Kier molecular flexibility index (Phi) is 3.18. The van der Waals surface area contributed by atoms with Gasteiger partial charge in [-0.1, -0.05) is 133 Å². The van der Waals surface area contributed by atoms with Crippen molar-refractivity contribution in [1.82, 2.24) is 0 Å². The summed E-state index contributed by atoms with van der Waals surface area (Å²) in [6.07, 6.45) is 0. The molecule has 0 aliphatic rings. The highest BCUT2D eigenvalue weighted by molar-refractivity contribution is 6.23. The topological polar surface area (TPSA) is 13.1 Å². The van der Waals surface area contributed by atoms with Crippen LogP contribution >= 0.6 is 0 Å². The number of benzene rings is 8. The minimum absolute atomic E-state index is 0.00926. The molecule has 0 radical (unpaired) electrons. The molecule has 0 aliphatic heterocycles. The fourth-order valence-corrected chi connectivity index (χ4v) is 5.92. The predicted octanol–water partition coefficient (Wildman–Crippen LogP) is 12.0. The van der Waals surface area contributed by atoms with Crippen LogP contribution in [0.15, 0.2) is 162 Å². The second-order valence-corrected chi connectivity index (χ2v) is 10.2. The Balaban J connectivity index is 1.45. The molecule has 43 heavy (non-hydrogen) atoms. The quantitative estimate of drug-likeness (QED) is 0.196. The highest BCUT2D eigenvalue weighted by Crippen LogP contribution is 2.45. The van der Waals surface area contributed by atoms with Crippen LogP contribution in [-0.4, -0.2) is 0 Å². The minimum atomic E-state index is -0.577. The van der Waals surface area contributed by atoms with E-state index in [2.05, 4.69) is 0 Å². The van der Waals surface area contributed by atoms with E-state index in [4.69, 9.17) is 16.8 Å². The third kappa shape index (κ3) is 3.72. The zero-order valence-corrected chi connectivity index (χ0v) is 22.4. The van der Waals surface area contributed by atoms with Crippen LogP contribution in [0.5, 0.6) is 0 Å². The van der Waals surface area contributed by atoms with Crippen LogP contribution in [0.4, 0.5) is 0 Å².